The van der Waals surface area contributed by atoms with Crippen molar-refractivity contribution in [3.63, 3.8) is 0 Å². The highest BCUT2D eigenvalue weighted by Crippen LogP contribution is 2.38. The fourth-order valence-corrected chi connectivity index (χ4v) is 8.03. The van der Waals surface area contributed by atoms with Gasteiger partial charge in [0.2, 0.25) is 6.33 Å². The third-order valence-corrected chi connectivity index (χ3v) is 10.5. The minimum absolute atomic E-state index is 0.514. The van der Waals surface area contributed by atoms with E-state index in [1.54, 1.807) is 0 Å². The summed E-state index contributed by atoms with van der Waals surface area (Å²) < 4.78 is 5.01. The zero-order valence-electron chi connectivity index (χ0n) is 30.3. The van der Waals surface area contributed by atoms with Gasteiger partial charge in [-0.05, 0) is 29.5 Å². The smallest absolute Gasteiger partial charge is 0.245 e. The van der Waals surface area contributed by atoms with Crippen LogP contribution in [0.1, 0.15) is 71.7 Å². The Morgan fingerprint density at radius 3 is 1.25 bits per heavy atom. The molecule has 7 rings (SSSR count). The first kappa shape index (κ1) is 34.9. The molecule has 1 heterocycles. The molecule has 1 aromatic heterocycles. The molecule has 0 bridgehead atoms. The normalized spacial score (nSPS) is 11.8. The molecule has 0 radical (unpaired) electrons. The summed E-state index contributed by atoms with van der Waals surface area (Å²) in [5.74, 6) is 0. The van der Waals surface area contributed by atoms with Crippen molar-refractivity contribution in [1.82, 2.24) is 9.88 Å². The van der Waals surface area contributed by atoms with Crippen molar-refractivity contribution < 1.29 is 4.57 Å². The van der Waals surface area contributed by atoms with Crippen LogP contribution in [-0.4, -0.2) is 11.1 Å². The predicted molar refractivity (Wildman–Crippen MR) is 214 cm³/mol. The molecule has 0 unspecified atom stereocenters. The molecule has 0 atom stereocenters. The second-order valence-corrected chi connectivity index (χ2v) is 13.7. The zero-order valence-corrected chi connectivity index (χ0v) is 30.3. The van der Waals surface area contributed by atoms with Gasteiger partial charge in [0.1, 0.15) is 11.9 Å². The van der Waals surface area contributed by atoms with Crippen molar-refractivity contribution in [2.24, 2.45) is 0 Å². The molecule has 0 saturated heterocycles. The van der Waals surface area contributed by atoms with E-state index in [-0.39, 0.29) is 0 Å². The molecule has 0 saturated carbocycles. The summed E-state index contributed by atoms with van der Waals surface area (Å²) in [6.07, 6.45) is 10.5. The van der Waals surface area contributed by atoms with E-state index >= 15 is 0 Å². The molecular formula is C49H50N3+. The number of hydrogen-bond donors (Lipinski definition) is 1. The van der Waals surface area contributed by atoms with Crippen LogP contribution in [0.15, 0.2) is 195 Å². The van der Waals surface area contributed by atoms with Gasteiger partial charge < -0.3 is 0 Å². The van der Waals surface area contributed by atoms with E-state index in [1.165, 1.54) is 58.3 Å². The molecule has 0 aliphatic carbocycles. The Balaban J connectivity index is 1.34. The van der Waals surface area contributed by atoms with E-state index in [2.05, 4.69) is 216 Å². The molecule has 3 nitrogen and oxygen atoms in total. The van der Waals surface area contributed by atoms with Gasteiger partial charge in [0, 0.05) is 29.7 Å². The summed E-state index contributed by atoms with van der Waals surface area (Å²) in [6, 6.07) is 65.8. The second kappa shape index (κ2) is 16.7. The highest BCUT2D eigenvalue weighted by Gasteiger charge is 2.44. The lowest BCUT2D eigenvalue weighted by Gasteiger charge is -2.37. The lowest BCUT2D eigenvalue weighted by molar-refractivity contribution is -0.734. The van der Waals surface area contributed by atoms with Crippen LogP contribution < -0.4 is 9.88 Å². The van der Waals surface area contributed by atoms with Crippen molar-refractivity contribution in [2.75, 3.05) is 6.54 Å². The van der Waals surface area contributed by atoms with Gasteiger partial charge in [-0.3, -0.25) is 5.32 Å². The summed E-state index contributed by atoms with van der Waals surface area (Å²) >= 11 is 0. The Kier molecular flexibility index (Phi) is 11.2. The van der Waals surface area contributed by atoms with Gasteiger partial charge in [-0.1, -0.05) is 202 Å². The molecule has 260 valence electrons. The molecule has 52 heavy (non-hydrogen) atoms. The number of nitrogens with zero attached hydrogens (tertiary/aromatic N) is 2. The highest BCUT2D eigenvalue weighted by atomic mass is 15.2. The van der Waals surface area contributed by atoms with Crippen LogP contribution in [0.2, 0.25) is 0 Å². The van der Waals surface area contributed by atoms with E-state index in [9.17, 15) is 0 Å². The van der Waals surface area contributed by atoms with Gasteiger partial charge >= 0.3 is 0 Å². The van der Waals surface area contributed by atoms with Gasteiger partial charge in [0.25, 0.3) is 0 Å². The highest BCUT2D eigenvalue weighted by molar-refractivity contribution is 5.50. The molecule has 7 aromatic rings. The second-order valence-electron chi connectivity index (χ2n) is 13.7. The lowest BCUT2D eigenvalue weighted by Crippen LogP contribution is -2.57. The van der Waals surface area contributed by atoms with Crippen LogP contribution in [0.25, 0.3) is 0 Å². The molecule has 3 heteroatoms. The zero-order chi connectivity index (χ0) is 35.5. The third kappa shape index (κ3) is 7.02. The molecule has 0 amide bonds. The van der Waals surface area contributed by atoms with E-state index in [1.807, 2.05) is 0 Å². The molecule has 0 fully saturated rings. The first-order valence-corrected chi connectivity index (χ1v) is 19.0. The van der Waals surface area contributed by atoms with Crippen LogP contribution in [0.4, 0.5) is 0 Å². The maximum atomic E-state index is 4.15. The Labute approximate surface area is 310 Å². The summed E-state index contributed by atoms with van der Waals surface area (Å²) in [6.45, 7) is 4.05. The predicted octanol–water partition coefficient (Wildman–Crippen LogP) is 10.3. The van der Waals surface area contributed by atoms with Crippen LogP contribution in [-0.2, 0) is 24.0 Å². The lowest BCUT2D eigenvalue weighted by atomic mass is 9.76. The average molecular weight is 681 g/mol. The Morgan fingerprint density at radius 2 is 0.865 bits per heavy atom. The van der Waals surface area contributed by atoms with Gasteiger partial charge in [0.15, 0.2) is 5.54 Å². The van der Waals surface area contributed by atoms with E-state index < -0.39 is 11.1 Å². The minimum Gasteiger partial charge on any atom is -0.300 e. The Bertz CT molecular complexity index is 1880. The fourth-order valence-electron chi connectivity index (χ4n) is 8.03. The number of nitrogens with one attached hydrogen (secondary N) is 1. The third-order valence-electron chi connectivity index (χ3n) is 10.5. The van der Waals surface area contributed by atoms with Crippen molar-refractivity contribution >= 4 is 0 Å². The fraction of sp³-hybridized carbons (Fsp3) is 0.204. The minimum atomic E-state index is -0.553. The molecule has 6 aromatic carbocycles. The standard InChI is InChI=1S/C49H50N3/c1-2-3-4-23-38-51-40-52(49(44-30-17-8-18-31-44,45-32-19-9-20-33-45)46-34-21-10-22-35-46)39-47(51)36-37-50-48(41-24-11-5-12-25-41,42-26-13-6-14-27-42)43-28-15-7-16-29-43/h5-22,24-35,39-40,50H,2-4,23,36-38H2,1H3/q+1. The van der Waals surface area contributed by atoms with Crippen molar-refractivity contribution in [3.05, 3.63) is 234 Å². The van der Waals surface area contributed by atoms with E-state index in [4.69, 9.17) is 0 Å². The quantitative estimate of drug-likeness (QED) is 0.0612. The Hall–Kier alpha value is -5.51. The Morgan fingerprint density at radius 1 is 0.481 bits per heavy atom. The van der Waals surface area contributed by atoms with E-state index in [0.29, 0.717) is 0 Å². The molecule has 0 aliphatic heterocycles. The summed E-state index contributed by atoms with van der Waals surface area (Å²) in [5.41, 5.74) is 7.66. The van der Waals surface area contributed by atoms with Gasteiger partial charge in [-0.15, -0.1) is 0 Å². The monoisotopic (exact) mass is 680 g/mol. The number of benzene rings is 6. The summed E-state index contributed by atoms with van der Waals surface area (Å²) in [7, 11) is 0. The number of hydrogen-bond acceptors (Lipinski definition) is 1. The van der Waals surface area contributed by atoms with E-state index in [0.717, 1.165) is 25.9 Å². The molecule has 1 N–H and O–H groups in total. The number of rotatable bonds is 16. The van der Waals surface area contributed by atoms with Crippen LogP contribution in [0.5, 0.6) is 0 Å². The number of aryl methyl sites for hydroxylation is 1. The number of aromatic nitrogens is 2. The topological polar surface area (TPSA) is 20.8 Å². The maximum Gasteiger partial charge on any atom is 0.245 e. The maximum absolute atomic E-state index is 4.15. The summed E-state index contributed by atoms with van der Waals surface area (Å²) in [4.78, 5) is 0. The van der Waals surface area contributed by atoms with Crippen LogP contribution in [0, 0.1) is 0 Å². The van der Waals surface area contributed by atoms with Gasteiger partial charge in [0.05, 0.1) is 12.1 Å². The van der Waals surface area contributed by atoms with Crippen molar-refractivity contribution in [1.29, 1.82) is 0 Å². The summed E-state index contributed by atoms with van der Waals surface area (Å²) in [5, 5.41) is 4.15. The first-order valence-electron chi connectivity index (χ1n) is 19.0. The number of unbranched alkanes of at least 4 members (excludes halogenated alkanes) is 3. The van der Waals surface area contributed by atoms with Gasteiger partial charge in [-0.25, -0.2) is 9.13 Å². The molecular weight excluding hydrogens is 631 g/mol. The molecule has 0 spiro atoms. The van der Waals surface area contributed by atoms with Crippen molar-refractivity contribution in [3.8, 4) is 0 Å². The molecule has 0 aliphatic rings. The largest absolute Gasteiger partial charge is 0.300 e. The SMILES string of the molecule is CCCCCCn1c[n+](C(c2ccccc2)(c2ccccc2)c2ccccc2)cc1CCNC(c1ccccc1)(c1ccccc1)c1ccccc1. The van der Waals surface area contributed by atoms with Crippen LogP contribution in [0.3, 0.4) is 0 Å². The van der Waals surface area contributed by atoms with Crippen LogP contribution >= 0.6 is 0 Å². The first-order chi connectivity index (χ1) is 25.8. The average Bonchev–Trinajstić information content (AvgIpc) is 3.63. The number of imidazole rings is 1. The van der Waals surface area contributed by atoms with Gasteiger partial charge in [-0.2, -0.15) is 0 Å². The van der Waals surface area contributed by atoms with Crippen molar-refractivity contribution in [2.45, 2.75) is 56.7 Å².